The first-order valence-corrected chi connectivity index (χ1v) is 7.07. The topological polar surface area (TPSA) is 29.3 Å². The average Bonchev–Trinajstić information content (AvgIpc) is 2.45. The minimum absolute atomic E-state index is 0.181. The largest absolute Gasteiger partial charge is 0.416 e. The quantitative estimate of drug-likeness (QED) is 0.920. The van der Waals surface area contributed by atoms with Crippen LogP contribution in [0.4, 0.5) is 13.2 Å². The number of nitrogens with zero attached hydrogens (tertiary/aromatic N) is 1. The van der Waals surface area contributed by atoms with Gasteiger partial charge in [-0.3, -0.25) is 4.90 Å². The predicted molar refractivity (Wildman–Crippen MR) is 73.3 cm³/mol. The molecule has 0 spiro atoms. The molecule has 1 aromatic rings. The summed E-state index contributed by atoms with van der Waals surface area (Å²) in [5.41, 5.74) is 5.58. The lowest BCUT2D eigenvalue weighted by Gasteiger charge is -2.40. The summed E-state index contributed by atoms with van der Waals surface area (Å²) in [4.78, 5) is 2.12. The van der Waals surface area contributed by atoms with Gasteiger partial charge in [0.05, 0.1) is 5.56 Å². The van der Waals surface area contributed by atoms with Crippen LogP contribution in [-0.4, -0.2) is 24.0 Å². The van der Waals surface area contributed by atoms with Crippen molar-refractivity contribution < 1.29 is 13.2 Å². The molecule has 2 nitrogen and oxygen atoms in total. The lowest BCUT2D eigenvalue weighted by molar-refractivity contribution is -0.138. The molecule has 0 aromatic heterocycles. The van der Waals surface area contributed by atoms with Gasteiger partial charge in [-0.05, 0) is 37.9 Å². The van der Waals surface area contributed by atoms with Crippen LogP contribution in [0.2, 0.25) is 0 Å². The fourth-order valence-electron chi connectivity index (χ4n) is 3.08. The van der Waals surface area contributed by atoms with Crippen molar-refractivity contribution in [1.82, 2.24) is 4.90 Å². The fraction of sp³-hybridized carbons (Fsp3) is 0.600. The van der Waals surface area contributed by atoms with Gasteiger partial charge in [-0.15, -0.1) is 0 Å². The van der Waals surface area contributed by atoms with Crippen LogP contribution in [0.3, 0.4) is 0 Å². The van der Waals surface area contributed by atoms with Gasteiger partial charge in [-0.2, -0.15) is 13.2 Å². The normalized spacial score (nSPS) is 22.8. The summed E-state index contributed by atoms with van der Waals surface area (Å²) >= 11 is 0. The first-order valence-electron chi connectivity index (χ1n) is 7.07. The molecule has 1 fully saturated rings. The van der Waals surface area contributed by atoms with E-state index in [1.165, 1.54) is 6.07 Å². The van der Waals surface area contributed by atoms with E-state index in [9.17, 15) is 13.2 Å². The summed E-state index contributed by atoms with van der Waals surface area (Å²) in [6, 6.07) is 5.77. The van der Waals surface area contributed by atoms with E-state index in [4.69, 9.17) is 5.73 Å². The lowest BCUT2D eigenvalue weighted by Crippen LogP contribution is -2.45. The molecule has 2 rings (SSSR count). The Morgan fingerprint density at radius 1 is 1.30 bits per heavy atom. The van der Waals surface area contributed by atoms with E-state index in [1.807, 2.05) is 6.92 Å². The molecule has 2 unspecified atom stereocenters. The molecule has 112 valence electrons. The van der Waals surface area contributed by atoms with E-state index in [0.717, 1.165) is 31.9 Å². The molecule has 0 amide bonds. The first-order chi connectivity index (χ1) is 9.45. The Labute approximate surface area is 117 Å². The fourth-order valence-corrected chi connectivity index (χ4v) is 3.08. The Morgan fingerprint density at radius 3 is 2.65 bits per heavy atom. The summed E-state index contributed by atoms with van der Waals surface area (Å²) in [5, 5.41) is 0. The smallest absolute Gasteiger partial charge is 0.329 e. The van der Waals surface area contributed by atoms with E-state index in [-0.39, 0.29) is 12.1 Å². The maximum absolute atomic E-state index is 13.1. The van der Waals surface area contributed by atoms with Crippen LogP contribution in [0.25, 0.3) is 0 Å². The molecule has 0 bridgehead atoms. The summed E-state index contributed by atoms with van der Waals surface area (Å²) in [5.74, 6) is 0. The maximum Gasteiger partial charge on any atom is 0.416 e. The highest BCUT2D eigenvalue weighted by molar-refractivity contribution is 5.32. The highest BCUT2D eigenvalue weighted by Crippen LogP contribution is 2.37. The number of rotatable bonds is 3. The third-order valence-corrected chi connectivity index (χ3v) is 4.16. The molecule has 2 atom stereocenters. The molecule has 1 heterocycles. The van der Waals surface area contributed by atoms with Gasteiger partial charge in [-0.25, -0.2) is 0 Å². The Morgan fingerprint density at radius 2 is 2.00 bits per heavy atom. The van der Waals surface area contributed by atoms with Crippen molar-refractivity contribution in [3.8, 4) is 0 Å². The molecule has 0 aliphatic carbocycles. The Balaban J connectivity index is 2.31. The third kappa shape index (κ3) is 3.15. The van der Waals surface area contributed by atoms with E-state index in [1.54, 1.807) is 12.1 Å². The number of halogens is 3. The second-order valence-corrected chi connectivity index (χ2v) is 5.38. The Kier molecular flexibility index (Phi) is 4.70. The number of nitrogens with two attached hydrogens (primary N) is 1. The minimum atomic E-state index is -4.31. The van der Waals surface area contributed by atoms with Crippen molar-refractivity contribution in [3.63, 3.8) is 0 Å². The van der Waals surface area contributed by atoms with Gasteiger partial charge in [0.2, 0.25) is 0 Å². The van der Waals surface area contributed by atoms with Gasteiger partial charge in [0.25, 0.3) is 0 Å². The van der Waals surface area contributed by atoms with Gasteiger partial charge < -0.3 is 5.73 Å². The zero-order chi connectivity index (χ0) is 14.8. The number of piperidine rings is 1. The van der Waals surface area contributed by atoms with Gasteiger partial charge in [0.15, 0.2) is 0 Å². The highest BCUT2D eigenvalue weighted by Gasteiger charge is 2.36. The van der Waals surface area contributed by atoms with Gasteiger partial charge >= 0.3 is 6.18 Å². The molecule has 1 aliphatic heterocycles. The Bertz CT molecular complexity index is 445. The second-order valence-electron chi connectivity index (χ2n) is 5.38. The molecule has 5 heteroatoms. The van der Waals surface area contributed by atoms with Crippen LogP contribution in [0, 0.1) is 0 Å². The molecule has 0 saturated carbocycles. The molecule has 0 radical (unpaired) electrons. The number of likely N-dealkylation sites (tertiary alicyclic amines) is 1. The van der Waals surface area contributed by atoms with E-state index in [0.29, 0.717) is 12.1 Å². The lowest BCUT2D eigenvalue weighted by atomic mass is 9.94. The molecule has 2 N–H and O–H groups in total. The van der Waals surface area contributed by atoms with Crippen molar-refractivity contribution in [1.29, 1.82) is 0 Å². The van der Waals surface area contributed by atoms with Crippen molar-refractivity contribution in [3.05, 3.63) is 35.4 Å². The van der Waals surface area contributed by atoms with Crippen molar-refractivity contribution >= 4 is 0 Å². The van der Waals surface area contributed by atoms with Crippen LogP contribution < -0.4 is 5.73 Å². The minimum Gasteiger partial charge on any atom is -0.329 e. The predicted octanol–water partition coefficient (Wildman–Crippen LogP) is 3.58. The van der Waals surface area contributed by atoms with Gasteiger partial charge in [0.1, 0.15) is 0 Å². The molecule has 1 aromatic carbocycles. The third-order valence-electron chi connectivity index (χ3n) is 4.16. The monoisotopic (exact) mass is 286 g/mol. The van der Waals surface area contributed by atoms with Crippen LogP contribution in [0.5, 0.6) is 0 Å². The van der Waals surface area contributed by atoms with Crippen molar-refractivity contribution in [2.24, 2.45) is 5.73 Å². The molecular weight excluding hydrogens is 265 g/mol. The zero-order valence-electron chi connectivity index (χ0n) is 11.7. The summed E-state index contributed by atoms with van der Waals surface area (Å²) in [7, 11) is 0. The summed E-state index contributed by atoms with van der Waals surface area (Å²) in [6.07, 6.45) is -1.21. The number of hydrogen-bond donors (Lipinski definition) is 1. The van der Waals surface area contributed by atoms with E-state index >= 15 is 0 Å². The van der Waals surface area contributed by atoms with Crippen LogP contribution in [-0.2, 0) is 6.18 Å². The van der Waals surface area contributed by atoms with Crippen LogP contribution in [0.1, 0.15) is 43.4 Å². The zero-order valence-corrected chi connectivity index (χ0v) is 11.7. The molecule has 1 aliphatic rings. The van der Waals surface area contributed by atoms with E-state index < -0.39 is 11.7 Å². The van der Waals surface area contributed by atoms with Gasteiger partial charge in [0, 0.05) is 18.6 Å². The number of alkyl halides is 3. The molecule has 20 heavy (non-hydrogen) atoms. The molecule has 1 saturated heterocycles. The van der Waals surface area contributed by atoms with E-state index in [2.05, 4.69) is 4.90 Å². The summed E-state index contributed by atoms with van der Waals surface area (Å²) in [6.45, 7) is 3.16. The highest BCUT2D eigenvalue weighted by atomic mass is 19.4. The Hall–Kier alpha value is -1.07. The van der Waals surface area contributed by atoms with Crippen molar-refractivity contribution in [2.75, 3.05) is 13.1 Å². The second kappa shape index (κ2) is 6.14. The van der Waals surface area contributed by atoms with Crippen molar-refractivity contribution in [2.45, 2.75) is 44.4 Å². The first kappa shape index (κ1) is 15.3. The maximum atomic E-state index is 13.1. The molecular formula is C15H21F3N2. The van der Waals surface area contributed by atoms with Crippen LogP contribution in [0.15, 0.2) is 24.3 Å². The standard InChI is InChI=1S/C15H21F3N2/c1-11(20-9-5-4-6-12(20)10-19)13-7-2-3-8-14(13)15(16,17)18/h2-3,7-8,11-12H,4-6,9-10,19H2,1H3. The van der Waals surface area contributed by atoms with Gasteiger partial charge in [-0.1, -0.05) is 24.6 Å². The number of hydrogen-bond acceptors (Lipinski definition) is 2. The average molecular weight is 286 g/mol. The number of benzene rings is 1. The SMILES string of the molecule is CC(c1ccccc1C(F)(F)F)N1CCCCC1CN. The summed E-state index contributed by atoms with van der Waals surface area (Å²) < 4.78 is 39.3. The van der Waals surface area contributed by atoms with Crippen LogP contribution >= 0.6 is 0 Å².